The van der Waals surface area contributed by atoms with E-state index in [9.17, 15) is 10.2 Å². The molecular formula is C28H39N5O2. The molecule has 1 saturated carbocycles. The zero-order valence-electron chi connectivity index (χ0n) is 21.2. The van der Waals surface area contributed by atoms with Crippen LogP contribution in [0.5, 0.6) is 11.8 Å². The van der Waals surface area contributed by atoms with Crippen LogP contribution in [0.25, 0.3) is 11.0 Å². The van der Waals surface area contributed by atoms with Crippen molar-refractivity contribution in [2.75, 3.05) is 18.0 Å². The van der Waals surface area contributed by atoms with Crippen molar-refractivity contribution in [2.45, 2.75) is 89.4 Å². The van der Waals surface area contributed by atoms with Crippen molar-refractivity contribution in [3.05, 3.63) is 35.4 Å². The van der Waals surface area contributed by atoms with Gasteiger partial charge in [0.15, 0.2) is 11.8 Å². The van der Waals surface area contributed by atoms with Gasteiger partial charge < -0.3 is 19.7 Å². The lowest BCUT2D eigenvalue weighted by Crippen LogP contribution is -2.50. The molecule has 0 radical (unpaired) electrons. The molecule has 1 aliphatic carbocycles. The maximum absolute atomic E-state index is 10.5. The van der Waals surface area contributed by atoms with Crippen molar-refractivity contribution in [3.8, 4) is 11.8 Å². The van der Waals surface area contributed by atoms with E-state index in [1.54, 1.807) is 7.05 Å². The monoisotopic (exact) mass is 477 g/mol. The van der Waals surface area contributed by atoms with Crippen LogP contribution in [0.3, 0.4) is 0 Å². The molecule has 0 bridgehead atoms. The molecule has 1 saturated heterocycles. The van der Waals surface area contributed by atoms with Crippen LogP contribution in [-0.4, -0.2) is 47.9 Å². The molecule has 2 aromatic heterocycles. The molecule has 2 fully saturated rings. The van der Waals surface area contributed by atoms with Gasteiger partial charge in [0.05, 0.1) is 24.1 Å². The molecule has 0 unspecified atom stereocenters. The molecule has 35 heavy (non-hydrogen) atoms. The second kappa shape index (κ2) is 8.77. The van der Waals surface area contributed by atoms with Gasteiger partial charge in [0.2, 0.25) is 5.95 Å². The number of anilines is 1. The Morgan fingerprint density at radius 2 is 1.49 bits per heavy atom. The third-order valence-electron chi connectivity index (χ3n) is 9.12. The SMILES string of the molecule is Cn1c(O)c2c(c1O)CN(c1nc3ccccc3n1C1CCN(C3(C)CCCCCCC3)CC1)C2. The Hall–Kier alpha value is -2.67. The van der Waals surface area contributed by atoms with Gasteiger partial charge in [-0.15, -0.1) is 0 Å². The second-order valence-corrected chi connectivity index (χ2v) is 11.3. The van der Waals surface area contributed by atoms with Crippen molar-refractivity contribution in [1.82, 2.24) is 19.0 Å². The van der Waals surface area contributed by atoms with Crippen molar-refractivity contribution in [3.63, 3.8) is 0 Å². The van der Waals surface area contributed by atoms with Gasteiger partial charge in [-0.2, -0.15) is 0 Å². The summed E-state index contributed by atoms with van der Waals surface area (Å²) in [6, 6.07) is 8.84. The van der Waals surface area contributed by atoms with Crippen LogP contribution in [0.4, 0.5) is 5.95 Å². The van der Waals surface area contributed by atoms with Crippen LogP contribution in [-0.2, 0) is 20.1 Å². The normalized spacial score (nSPS) is 21.8. The highest BCUT2D eigenvalue weighted by Gasteiger charge is 2.37. The molecule has 188 valence electrons. The first-order chi connectivity index (χ1) is 17.0. The molecule has 6 rings (SSSR count). The Kier molecular flexibility index (Phi) is 5.71. The Morgan fingerprint density at radius 3 is 2.14 bits per heavy atom. The maximum Gasteiger partial charge on any atom is 0.207 e. The number of likely N-dealkylation sites (tertiary alicyclic amines) is 1. The molecule has 0 atom stereocenters. The first-order valence-electron chi connectivity index (χ1n) is 13.5. The number of para-hydroxylation sites is 2. The van der Waals surface area contributed by atoms with Gasteiger partial charge in [0.25, 0.3) is 0 Å². The Morgan fingerprint density at radius 1 is 0.886 bits per heavy atom. The largest absolute Gasteiger partial charge is 0.494 e. The summed E-state index contributed by atoms with van der Waals surface area (Å²) in [5.41, 5.74) is 4.18. The van der Waals surface area contributed by atoms with E-state index in [0.717, 1.165) is 48.5 Å². The average Bonchev–Trinajstić information content (AvgIpc) is 3.52. The number of hydrogen-bond acceptors (Lipinski definition) is 5. The number of piperidine rings is 1. The third kappa shape index (κ3) is 3.79. The number of nitrogens with zero attached hydrogens (tertiary/aromatic N) is 5. The summed E-state index contributed by atoms with van der Waals surface area (Å²) in [4.78, 5) is 10.1. The number of rotatable bonds is 3. The van der Waals surface area contributed by atoms with E-state index in [-0.39, 0.29) is 11.8 Å². The van der Waals surface area contributed by atoms with Gasteiger partial charge in [0, 0.05) is 42.8 Å². The predicted molar refractivity (Wildman–Crippen MR) is 139 cm³/mol. The molecule has 4 heterocycles. The quantitative estimate of drug-likeness (QED) is 0.525. The summed E-state index contributed by atoms with van der Waals surface area (Å²) in [6.07, 6.45) is 11.8. The third-order valence-corrected chi connectivity index (χ3v) is 9.12. The van der Waals surface area contributed by atoms with E-state index in [4.69, 9.17) is 4.98 Å². The van der Waals surface area contributed by atoms with Crippen molar-refractivity contribution in [1.29, 1.82) is 0 Å². The Bertz CT molecular complexity index is 1180. The summed E-state index contributed by atoms with van der Waals surface area (Å²) in [7, 11) is 1.70. The first-order valence-corrected chi connectivity index (χ1v) is 13.5. The predicted octanol–water partition coefficient (Wildman–Crippen LogP) is 5.45. The number of aromatic nitrogens is 3. The standard InChI is InChI=1S/C28H39N5O2/c1-28(14-8-4-3-5-9-15-28)32-16-12-20(13-17-32)33-24-11-7-6-10-23(24)29-27(33)31-18-21-22(19-31)26(35)30(2)25(21)34/h6-7,10-11,20,34-35H,3-5,8-9,12-19H2,1-2H3. The van der Waals surface area contributed by atoms with Crippen LogP contribution >= 0.6 is 0 Å². The highest BCUT2D eigenvalue weighted by atomic mass is 16.3. The van der Waals surface area contributed by atoms with E-state index in [2.05, 4.69) is 45.6 Å². The lowest BCUT2D eigenvalue weighted by Gasteiger charge is -2.46. The fourth-order valence-corrected chi connectivity index (χ4v) is 6.95. The van der Waals surface area contributed by atoms with Gasteiger partial charge in [-0.05, 0) is 44.7 Å². The average molecular weight is 478 g/mol. The van der Waals surface area contributed by atoms with Gasteiger partial charge in [-0.3, -0.25) is 9.47 Å². The molecule has 0 spiro atoms. The van der Waals surface area contributed by atoms with Crippen molar-refractivity contribution in [2.24, 2.45) is 7.05 Å². The molecular weight excluding hydrogens is 438 g/mol. The number of fused-ring (bicyclic) bond motifs is 2. The fourth-order valence-electron chi connectivity index (χ4n) is 6.95. The van der Waals surface area contributed by atoms with E-state index in [1.165, 1.54) is 55.0 Å². The van der Waals surface area contributed by atoms with E-state index in [0.29, 0.717) is 24.7 Å². The van der Waals surface area contributed by atoms with Gasteiger partial charge in [0.1, 0.15) is 0 Å². The van der Waals surface area contributed by atoms with Crippen LogP contribution in [0.2, 0.25) is 0 Å². The lowest BCUT2D eigenvalue weighted by molar-refractivity contribution is 0.0443. The van der Waals surface area contributed by atoms with Gasteiger partial charge >= 0.3 is 0 Å². The highest BCUT2D eigenvalue weighted by Crippen LogP contribution is 2.43. The number of aromatic hydroxyl groups is 2. The van der Waals surface area contributed by atoms with Gasteiger partial charge in [-0.1, -0.05) is 44.2 Å². The van der Waals surface area contributed by atoms with Crippen LogP contribution in [0.15, 0.2) is 24.3 Å². The van der Waals surface area contributed by atoms with Crippen LogP contribution in [0, 0.1) is 0 Å². The fraction of sp³-hybridized carbons (Fsp3) is 0.607. The number of imidazole rings is 1. The Balaban J connectivity index is 1.27. The van der Waals surface area contributed by atoms with E-state index in [1.807, 2.05) is 0 Å². The molecule has 2 N–H and O–H groups in total. The minimum Gasteiger partial charge on any atom is -0.494 e. The van der Waals surface area contributed by atoms with Crippen LogP contribution < -0.4 is 4.90 Å². The summed E-state index contributed by atoms with van der Waals surface area (Å²) >= 11 is 0. The van der Waals surface area contributed by atoms with Gasteiger partial charge in [-0.25, -0.2) is 4.98 Å². The zero-order valence-corrected chi connectivity index (χ0v) is 21.2. The molecule has 3 aliphatic rings. The minimum atomic E-state index is 0.156. The minimum absolute atomic E-state index is 0.156. The Labute approximate surface area is 208 Å². The molecule has 1 aromatic carbocycles. The second-order valence-electron chi connectivity index (χ2n) is 11.3. The zero-order chi connectivity index (χ0) is 24.2. The molecule has 7 heteroatoms. The van der Waals surface area contributed by atoms with Crippen LogP contribution in [0.1, 0.15) is 81.9 Å². The molecule has 3 aromatic rings. The molecule has 2 aliphatic heterocycles. The summed E-state index contributed by atoms with van der Waals surface area (Å²) in [6.45, 7) is 5.91. The maximum atomic E-state index is 10.5. The highest BCUT2D eigenvalue weighted by molar-refractivity contribution is 5.79. The van der Waals surface area contributed by atoms with E-state index >= 15 is 0 Å². The number of benzene rings is 1. The van der Waals surface area contributed by atoms with Crippen molar-refractivity contribution >= 4 is 17.0 Å². The number of hydrogen-bond donors (Lipinski definition) is 2. The molecule has 0 amide bonds. The first kappa shape index (κ1) is 22.8. The van der Waals surface area contributed by atoms with Crippen molar-refractivity contribution < 1.29 is 10.2 Å². The smallest absolute Gasteiger partial charge is 0.207 e. The topological polar surface area (TPSA) is 69.7 Å². The summed E-state index contributed by atoms with van der Waals surface area (Å²) in [5, 5.41) is 21.0. The lowest BCUT2D eigenvalue weighted by atomic mass is 9.82. The summed E-state index contributed by atoms with van der Waals surface area (Å²) in [5.74, 6) is 1.27. The summed E-state index contributed by atoms with van der Waals surface area (Å²) < 4.78 is 3.92. The molecule has 7 nitrogen and oxygen atoms in total. The van der Waals surface area contributed by atoms with E-state index < -0.39 is 0 Å².